The number of fused-ring (bicyclic) bond motifs is 3. The molecule has 0 radical (unpaired) electrons. The molecule has 0 bridgehead atoms. The maximum absolute atomic E-state index is 13.6. The van der Waals surface area contributed by atoms with Crippen LogP contribution < -0.4 is 10.2 Å². The molecule has 0 unspecified atom stereocenters. The lowest BCUT2D eigenvalue weighted by atomic mass is 9.72. The molecule has 3 rings (SSSR count). The number of anilines is 1. The van der Waals surface area contributed by atoms with Crippen molar-refractivity contribution in [2.24, 2.45) is 11.8 Å². The Balaban J connectivity index is 2.14. The Morgan fingerprint density at radius 1 is 1.38 bits per heavy atom. The summed E-state index contributed by atoms with van der Waals surface area (Å²) in [6, 6.07) is 7.42. The molecule has 0 aromatic heterocycles. The average molecular weight is 397 g/mol. The minimum absolute atomic E-state index is 0.0810. The molecule has 7 heteroatoms. The van der Waals surface area contributed by atoms with E-state index in [-0.39, 0.29) is 37.4 Å². The summed E-state index contributed by atoms with van der Waals surface area (Å²) in [7, 11) is 1.56. The summed E-state index contributed by atoms with van der Waals surface area (Å²) in [4.78, 5) is 42.2. The number of amides is 3. The number of para-hydroxylation sites is 1. The first-order valence-electron chi connectivity index (χ1n) is 9.77. The van der Waals surface area contributed by atoms with Gasteiger partial charge in [0.05, 0.1) is 19.1 Å². The van der Waals surface area contributed by atoms with Crippen LogP contribution in [0, 0.1) is 24.2 Å². The van der Waals surface area contributed by atoms with E-state index in [9.17, 15) is 14.4 Å². The van der Waals surface area contributed by atoms with Gasteiger partial charge in [-0.1, -0.05) is 38.0 Å². The normalized spacial score (nSPS) is 25.3. The van der Waals surface area contributed by atoms with Crippen molar-refractivity contribution < 1.29 is 19.1 Å². The van der Waals surface area contributed by atoms with Gasteiger partial charge in [0.15, 0.2) is 0 Å². The number of rotatable bonds is 4. The number of likely N-dealkylation sites (tertiary alicyclic amines) is 1. The molecule has 1 saturated heterocycles. The van der Waals surface area contributed by atoms with Gasteiger partial charge in [-0.25, -0.2) is 4.79 Å². The number of carbonyl (C=O) groups is 3. The predicted molar refractivity (Wildman–Crippen MR) is 109 cm³/mol. The first-order chi connectivity index (χ1) is 13.8. The fraction of sp³-hybridized carbons (Fsp3) is 0.500. The minimum atomic E-state index is -1.27. The maximum Gasteiger partial charge on any atom is 0.410 e. The molecule has 0 aliphatic carbocycles. The van der Waals surface area contributed by atoms with Crippen molar-refractivity contribution in [2.45, 2.75) is 32.2 Å². The lowest BCUT2D eigenvalue weighted by molar-refractivity contribution is -0.129. The lowest BCUT2D eigenvalue weighted by Gasteiger charge is -2.45. The molecule has 3 atom stereocenters. The van der Waals surface area contributed by atoms with Crippen molar-refractivity contribution in [3.63, 3.8) is 0 Å². The van der Waals surface area contributed by atoms with E-state index in [2.05, 4.69) is 11.2 Å². The number of ether oxygens (including phenoxy) is 1. The van der Waals surface area contributed by atoms with E-state index in [4.69, 9.17) is 11.2 Å². The average Bonchev–Trinajstić information content (AvgIpc) is 3.03. The van der Waals surface area contributed by atoms with Gasteiger partial charge in [-0.3, -0.25) is 19.4 Å². The molecule has 154 valence electrons. The Kier molecular flexibility index (Phi) is 5.56. The summed E-state index contributed by atoms with van der Waals surface area (Å²) >= 11 is 0. The number of hydrogen-bond acceptors (Lipinski definition) is 4. The molecule has 2 heterocycles. The van der Waals surface area contributed by atoms with E-state index in [1.807, 2.05) is 38.1 Å². The Bertz CT molecular complexity index is 875. The third-order valence-corrected chi connectivity index (χ3v) is 5.78. The van der Waals surface area contributed by atoms with Crippen LogP contribution in [-0.2, 0) is 14.3 Å². The number of carbonyl (C=O) groups excluding carboxylic acids is 3. The van der Waals surface area contributed by atoms with Gasteiger partial charge in [-0.05, 0) is 24.5 Å². The van der Waals surface area contributed by atoms with Crippen LogP contribution in [0.4, 0.5) is 10.5 Å². The zero-order valence-electron chi connectivity index (χ0n) is 17.3. The molecule has 7 nitrogen and oxygen atoms in total. The molecule has 0 spiro atoms. The molecule has 29 heavy (non-hydrogen) atoms. The number of nitrogens with one attached hydrogen (secondary N) is 1. The molecular weight excluding hydrogens is 370 g/mol. The van der Waals surface area contributed by atoms with Gasteiger partial charge in [0.2, 0.25) is 5.91 Å². The standard InChI is InChI=1S/C22H27N3O4/c1-6-11-24-17-10-8-7-9-15(17)18-16(19(26)23-5)12-25(22(18,4)20(24)27)21(28)29-13-14(2)3/h1,7-10,14,16,18H,11-13H2,2-5H3,(H,23,26)/t16-,18+,22-/m0/s1. The van der Waals surface area contributed by atoms with E-state index >= 15 is 0 Å². The topological polar surface area (TPSA) is 79.0 Å². The molecule has 2 aliphatic rings. The summed E-state index contributed by atoms with van der Waals surface area (Å²) in [6.07, 6.45) is 4.93. The molecule has 1 fully saturated rings. The second-order valence-electron chi connectivity index (χ2n) is 8.08. The van der Waals surface area contributed by atoms with Crippen molar-refractivity contribution in [3.8, 4) is 12.3 Å². The van der Waals surface area contributed by atoms with Gasteiger partial charge >= 0.3 is 6.09 Å². The van der Waals surface area contributed by atoms with E-state index in [0.29, 0.717) is 5.69 Å². The number of nitrogens with zero attached hydrogens (tertiary/aromatic N) is 2. The second-order valence-corrected chi connectivity index (χ2v) is 8.08. The smallest absolute Gasteiger partial charge is 0.410 e. The second kappa shape index (κ2) is 7.78. The molecule has 0 saturated carbocycles. The summed E-state index contributed by atoms with van der Waals surface area (Å²) < 4.78 is 5.44. The van der Waals surface area contributed by atoms with Crippen LogP contribution in [0.1, 0.15) is 32.3 Å². The Morgan fingerprint density at radius 2 is 2.07 bits per heavy atom. The predicted octanol–water partition coefficient (Wildman–Crippen LogP) is 1.98. The highest BCUT2D eigenvalue weighted by Gasteiger charge is 2.63. The van der Waals surface area contributed by atoms with Gasteiger partial charge in [-0.15, -0.1) is 6.42 Å². The van der Waals surface area contributed by atoms with Crippen LogP contribution in [0.25, 0.3) is 0 Å². The van der Waals surface area contributed by atoms with Crippen molar-refractivity contribution in [1.82, 2.24) is 10.2 Å². The highest BCUT2D eigenvalue weighted by Crippen LogP contribution is 2.53. The molecule has 3 amide bonds. The Hall–Kier alpha value is -3.01. The summed E-state index contributed by atoms with van der Waals surface area (Å²) in [5, 5.41) is 2.67. The fourth-order valence-electron chi connectivity index (χ4n) is 4.45. The van der Waals surface area contributed by atoms with Gasteiger partial charge in [0.25, 0.3) is 5.91 Å². The summed E-state index contributed by atoms with van der Waals surface area (Å²) in [5.41, 5.74) is 0.248. The largest absolute Gasteiger partial charge is 0.449 e. The zero-order valence-corrected chi connectivity index (χ0v) is 17.3. The summed E-state index contributed by atoms with van der Waals surface area (Å²) in [6.45, 7) is 6.00. The molecular formula is C22H27N3O4. The monoisotopic (exact) mass is 397 g/mol. The number of hydrogen-bond donors (Lipinski definition) is 1. The van der Waals surface area contributed by atoms with Crippen molar-refractivity contribution in [1.29, 1.82) is 0 Å². The van der Waals surface area contributed by atoms with E-state index in [1.165, 1.54) is 9.80 Å². The van der Waals surface area contributed by atoms with Crippen molar-refractivity contribution >= 4 is 23.6 Å². The summed E-state index contributed by atoms with van der Waals surface area (Å²) in [5.74, 6) is 1.10. The minimum Gasteiger partial charge on any atom is -0.449 e. The van der Waals surface area contributed by atoms with Crippen molar-refractivity contribution in [2.75, 3.05) is 31.6 Å². The first-order valence-corrected chi connectivity index (χ1v) is 9.77. The third kappa shape index (κ3) is 3.23. The van der Waals surface area contributed by atoms with Gasteiger partial charge < -0.3 is 10.1 Å². The van der Waals surface area contributed by atoms with Gasteiger partial charge in [-0.2, -0.15) is 0 Å². The fourth-order valence-corrected chi connectivity index (χ4v) is 4.45. The van der Waals surface area contributed by atoms with Crippen molar-refractivity contribution in [3.05, 3.63) is 29.8 Å². The van der Waals surface area contributed by atoms with E-state index in [0.717, 1.165) is 5.56 Å². The molecule has 1 aromatic carbocycles. The Labute approximate surface area is 171 Å². The highest BCUT2D eigenvalue weighted by atomic mass is 16.6. The molecule has 2 aliphatic heterocycles. The number of terminal acetylenes is 1. The van der Waals surface area contributed by atoms with Gasteiger partial charge in [0, 0.05) is 25.2 Å². The lowest BCUT2D eigenvalue weighted by Crippen LogP contribution is -2.61. The SMILES string of the molecule is C#CCN1C(=O)[C@]2(C)[C@H](c3ccccc31)[C@@H](C(=O)NC)CN2C(=O)OCC(C)C. The zero-order chi connectivity index (χ0) is 21.3. The van der Waals surface area contributed by atoms with Crippen LogP contribution >= 0.6 is 0 Å². The molecule has 1 aromatic rings. The molecule has 1 N–H and O–H groups in total. The Morgan fingerprint density at radius 3 is 2.69 bits per heavy atom. The third-order valence-electron chi connectivity index (χ3n) is 5.78. The van der Waals surface area contributed by atoms with E-state index in [1.54, 1.807) is 14.0 Å². The van der Waals surface area contributed by atoms with Crippen LogP contribution in [0.3, 0.4) is 0 Å². The van der Waals surface area contributed by atoms with Crippen LogP contribution in [0.5, 0.6) is 0 Å². The van der Waals surface area contributed by atoms with Crippen LogP contribution in [0.2, 0.25) is 0 Å². The van der Waals surface area contributed by atoms with Crippen LogP contribution in [0.15, 0.2) is 24.3 Å². The maximum atomic E-state index is 13.6. The number of benzene rings is 1. The highest BCUT2D eigenvalue weighted by molar-refractivity contribution is 6.07. The van der Waals surface area contributed by atoms with Crippen LogP contribution in [-0.4, -0.2) is 55.1 Å². The first kappa shape index (κ1) is 20.7. The van der Waals surface area contributed by atoms with E-state index < -0.39 is 23.5 Å². The van der Waals surface area contributed by atoms with Gasteiger partial charge in [0.1, 0.15) is 5.54 Å². The quantitative estimate of drug-likeness (QED) is 0.788.